The number of nitrogens with one attached hydrogen (secondary N) is 1. The lowest BCUT2D eigenvalue weighted by molar-refractivity contribution is 0.218. The van der Waals surface area contributed by atoms with Gasteiger partial charge in [0.2, 0.25) is 0 Å². The minimum absolute atomic E-state index is 0.474. The van der Waals surface area contributed by atoms with E-state index in [0.29, 0.717) is 19.8 Å². The van der Waals surface area contributed by atoms with Gasteiger partial charge in [-0.15, -0.1) is 0 Å². The summed E-state index contributed by atoms with van der Waals surface area (Å²) < 4.78 is 16.9. The lowest BCUT2D eigenvalue weighted by atomic mass is 10.2. The molecule has 0 saturated carbocycles. The second kappa shape index (κ2) is 9.37. The molecule has 0 saturated heterocycles. The van der Waals surface area contributed by atoms with Crippen molar-refractivity contribution in [2.75, 3.05) is 25.6 Å². The number of para-hydroxylation sites is 4. The quantitative estimate of drug-likeness (QED) is 0.565. The van der Waals surface area contributed by atoms with E-state index in [1.807, 2.05) is 78.9 Å². The smallest absolute Gasteiger partial charge is 0.142 e. The Morgan fingerprint density at radius 3 is 2.15 bits per heavy atom. The van der Waals surface area contributed by atoms with Crippen LogP contribution in [0.4, 0.5) is 5.69 Å². The summed E-state index contributed by atoms with van der Waals surface area (Å²) in [5.41, 5.74) is 2.04. The fourth-order valence-corrected chi connectivity index (χ4v) is 2.61. The molecule has 0 amide bonds. The summed E-state index contributed by atoms with van der Waals surface area (Å²) in [5, 5.41) is 3.42. The molecule has 26 heavy (non-hydrogen) atoms. The average Bonchev–Trinajstić information content (AvgIpc) is 2.71. The zero-order chi connectivity index (χ0) is 18.0. The summed E-state index contributed by atoms with van der Waals surface area (Å²) in [4.78, 5) is 0. The van der Waals surface area contributed by atoms with Crippen LogP contribution < -0.4 is 19.5 Å². The molecule has 3 rings (SSSR count). The van der Waals surface area contributed by atoms with E-state index >= 15 is 0 Å². The van der Waals surface area contributed by atoms with E-state index in [1.165, 1.54) is 0 Å². The number of ether oxygens (including phenoxy) is 3. The third-order valence-electron chi connectivity index (χ3n) is 3.90. The molecule has 0 aliphatic carbocycles. The number of hydrogen-bond acceptors (Lipinski definition) is 4. The molecule has 3 aromatic rings. The number of rotatable bonds is 9. The summed E-state index contributed by atoms with van der Waals surface area (Å²) >= 11 is 0. The van der Waals surface area contributed by atoms with Gasteiger partial charge in [0.05, 0.1) is 12.8 Å². The van der Waals surface area contributed by atoms with Crippen LogP contribution in [-0.2, 0) is 6.54 Å². The highest BCUT2D eigenvalue weighted by atomic mass is 16.5. The number of methoxy groups -OCH3 is 1. The molecular weight excluding hydrogens is 326 g/mol. The van der Waals surface area contributed by atoms with E-state index in [4.69, 9.17) is 14.2 Å². The van der Waals surface area contributed by atoms with Gasteiger partial charge in [0, 0.05) is 12.1 Å². The highest BCUT2D eigenvalue weighted by Gasteiger charge is 2.05. The molecule has 0 heterocycles. The third kappa shape index (κ3) is 4.93. The van der Waals surface area contributed by atoms with Gasteiger partial charge in [-0.25, -0.2) is 0 Å². The summed E-state index contributed by atoms with van der Waals surface area (Å²) in [7, 11) is 1.68. The molecule has 3 aromatic carbocycles. The van der Waals surface area contributed by atoms with Gasteiger partial charge in [-0.1, -0.05) is 48.5 Å². The van der Waals surface area contributed by atoms with E-state index in [1.54, 1.807) is 7.11 Å². The average molecular weight is 349 g/mol. The van der Waals surface area contributed by atoms with Gasteiger partial charge in [0.15, 0.2) is 0 Å². The first-order valence-electron chi connectivity index (χ1n) is 8.62. The standard InChI is InChI=1S/C22H23NO3/c1-24-21-13-7-5-9-18(21)17-23-20-12-6-8-14-22(20)26-16-15-25-19-10-3-2-4-11-19/h2-14,23H,15-17H2,1H3. The van der Waals surface area contributed by atoms with Crippen molar-refractivity contribution in [3.8, 4) is 17.2 Å². The Hall–Kier alpha value is -3.14. The molecule has 4 heteroatoms. The molecule has 0 aliphatic heterocycles. The fraction of sp³-hybridized carbons (Fsp3) is 0.182. The number of hydrogen-bond donors (Lipinski definition) is 1. The first kappa shape index (κ1) is 17.7. The lowest BCUT2D eigenvalue weighted by Gasteiger charge is -2.15. The second-order valence-corrected chi connectivity index (χ2v) is 5.67. The largest absolute Gasteiger partial charge is 0.496 e. The van der Waals surface area contributed by atoms with E-state index in [9.17, 15) is 0 Å². The van der Waals surface area contributed by atoms with Crippen molar-refractivity contribution in [3.05, 3.63) is 84.4 Å². The Labute approximate surface area is 154 Å². The zero-order valence-corrected chi connectivity index (χ0v) is 14.9. The van der Waals surface area contributed by atoms with Crippen molar-refractivity contribution in [1.29, 1.82) is 0 Å². The summed E-state index contributed by atoms with van der Waals surface area (Å²) in [6.45, 7) is 1.62. The molecule has 0 atom stereocenters. The van der Waals surface area contributed by atoms with Crippen LogP contribution in [0.15, 0.2) is 78.9 Å². The lowest BCUT2D eigenvalue weighted by Crippen LogP contribution is -2.10. The minimum Gasteiger partial charge on any atom is -0.496 e. The molecule has 0 fully saturated rings. The monoisotopic (exact) mass is 349 g/mol. The Balaban J connectivity index is 1.54. The van der Waals surface area contributed by atoms with Crippen molar-refractivity contribution in [2.45, 2.75) is 6.54 Å². The van der Waals surface area contributed by atoms with Gasteiger partial charge in [0.1, 0.15) is 30.5 Å². The van der Waals surface area contributed by atoms with Crippen molar-refractivity contribution in [2.24, 2.45) is 0 Å². The van der Waals surface area contributed by atoms with Crippen molar-refractivity contribution in [1.82, 2.24) is 0 Å². The summed E-state index contributed by atoms with van der Waals surface area (Å²) in [6, 6.07) is 25.6. The van der Waals surface area contributed by atoms with Crippen LogP contribution in [-0.4, -0.2) is 20.3 Å². The van der Waals surface area contributed by atoms with Crippen LogP contribution in [0, 0.1) is 0 Å². The highest BCUT2D eigenvalue weighted by molar-refractivity contribution is 5.56. The van der Waals surface area contributed by atoms with Gasteiger partial charge >= 0.3 is 0 Å². The van der Waals surface area contributed by atoms with Gasteiger partial charge in [-0.2, -0.15) is 0 Å². The van der Waals surface area contributed by atoms with Gasteiger partial charge in [0.25, 0.3) is 0 Å². The second-order valence-electron chi connectivity index (χ2n) is 5.67. The first-order valence-corrected chi connectivity index (χ1v) is 8.62. The topological polar surface area (TPSA) is 39.7 Å². The normalized spacial score (nSPS) is 10.2. The van der Waals surface area contributed by atoms with Crippen molar-refractivity contribution in [3.63, 3.8) is 0 Å². The van der Waals surface area contributed by atoms with E-state index in [2.05, 4.69) is 5.32 Å². The van der Waals surface area contributed by atoms with E-state index < -0.39 is 0 Å². The number of benzene rings is 3. The van der Waals surface area contributed by atoms with Crippen LogP contribution in [0.2, 0.25) is 0 Å². The van der Waals surface area contributed by atoms with Crippen LogP contribution in [0.3, 0.4) is 0 Å². The molecule has 0 bridgehead atoms. The van der Waals surface area contributed by atoms with Gasteiger partial charge in [-0.3, -0.25) is 0 Å². The first-order chi connectivity index (χ1) is 12.9. The maximum atomic E-state index is 5.89. The SMILES string of the molecule is COc1ccccc1CNc1ccccc1OCCOc1ccccc1. The van der Waals surface area contributed by atoms with Crippen LogP contribution in [0.1, 0.15) is 5.56 Å². The predicted molar refractivity (Wildman–Crippen MR) is 104 cm³/mol. The summed E-state index contributed by atoms with van der Waals surface area (Å²) in [5.74, 6) is 2.52. The van der Waals surface area contributed by atoms with Crippen LogP contribution in [0.5, 0.6) is 17.2 Å². The van der Waals surface area contributed by atoms with E-state index in [-0.39, 0.29) is 0 Å². The predicted octanol–water partition coefficient (Wildman–Crippen LogP) is 4.77. The molecular formula is C22H23NO3. The minimum atomic E-state index is 0.474. The third-order valence-corrected chi connectivity index (χ3v) is 3.90. The highest BCUT2D eigenvalue weighted by Crippen LogP contribution is 2.26. The Morgan fingerprint density at radius 1 is 0.692 bits per heavy atom. The van der Waals surface area contributed by atoms with Crippen molar-refractivity contribution < 1.29 is 14.2 Å². The molecule has 0 aliphatic rings. The maximum Gasteiger partial charge on any atom is 0.142 e. The molecule has 4 nitrogen and oxygen atoms in total. The summed E-state index contributed by atoms with van der Waals surface area (Å²) in [6.07, 6.45) is 0. The number of anilines is 1. The Kier molecular flexibility index (Phi) is 6.37. The van der Waals surface area contributed by atoms with Crippen molar-refractivity contribution >= 4 is 5.69 Å². The van der Waals surface area contributed by atoms with Crippen LogP contribution >= 0.6 is 0 Å². The van der Waals surface area contributed by atoms with Crippen LogP contribution in [0.25, 0.3) is 0 Å². The Morgan fingerprint density at radius 2 is 1.35 bits per heavy atom. The molecule has 0 spiro atoms. The maximum absolute atomic E-state index is 5.89. The van der Waals surface area contributed by atoms with E-state index in [0.717, 1.165) is 28.5 Å². The molecule has 0 unspecified atom stereocenters. The Bertz CT molecular complexity index is 805. The van der Waals surface area contributed by atoms with Gasteiger partial charge < -0.3 is 19.5 Å². The molecule has 134 valence electrons. The molecule has 1 N–H and O–H groups in total. The zero-order valence-electron chi connectivity index (χ0n) is 14.9. The molecule has 0 aromatic heterocycles. The van der Waals surface area contributed by atoms with Gasteiger partial charge in [-0.05, 0) is 30.3 Å². The fourth-order valence-electron chi connectivity index (χ4n) is 2.61. The molecule has 0 radical (unpaired) electrons.